The molecule has 0 unspecified atom stereocenters. The Morgan fingerprint density at radius 3 is 2.25 bits per heavy atom. The molecule has 458 valence electrons. The third-order valence-corrected chi connectivity index (χ3v) is 16.9. The van der Waals surface area contributed by atoms with E-state index in [9.17, 15) is 39.9 Å². The molecule has 3 aliphatic rings. The quantitative estimate of drug-likeness (QED) is 0.0962. The summed E-state index contributed by atoms with van der Waals surface area (Å²) in [5.74, 6) is -3.60. The number of aliphatic hydroxyl groups excluding tert-OH is 2. The Labute approximate surface area is 478 Å². The van der Waals surface area contributed by atoms with Gasteiger partial charge in [0.1, 0.15) is 41.9 Å². The van der Waals surface area contributed by atoms with E-state index in [1.807, 2.05) is 80.5 Å². The van der Waals surface area contributed by atoms with Crippen molar-refractivity contribution in [2.24, 2.45) is 17.8 Å². The number of aliphatic hydroxyl groups is 5. The predicted molar refractivity (Wildman–Crippen MR) is 303 cm³/mol. The molecule has 22 nitrogen and oxygen atoms in total. The van der Waals surface area contributed by atoms with Crippen LogP contribution in [0.4, 0.5) is 5.82 Å². The van der Waals surface area contributed by atoms with Crippen molar-refractivity contribution in [3.05, 3.63) is 30.1 Å². The van der Waals surface area contributed by atoms with Gasteiger partial charge in [-0.3, -0.25) is 14.4 Å². The third kappa shape index (κ3) is 15.5. The second-order valence-electron chi connectivity index (χ2n) is 24.9. The molecule has 2 aromatic heterocycles. The van der Waals surface area contributed by atoms with Crippen molar-refractivity contribution in [3.63, 3.8) is 0 Å². The van der Waals surface area contributed by atoms with E-state index in [1.165, 1.54) is 14.0 Å². The van der Waals surface area contributed by atoms with Gasteiger partial charge in [-0.25, -0.2) is 9.97 Å². The Morgan fingerprint density at radius 1 is 0.938 bits per heavy atom. The summed E-state index contributed by atoms with van der Waals surface area (Å²) >= 11 is 0. The molecular formula is C59H96N6O16. The second-order valence-corrected chi connectivity index (χ2v) is 24.9. The maximum Gasteiger partial charge on any atom is 0.311 e. The molecule has 0 saturated carbocycles. The fourth-order valence-corrected chi connectivity index (χ4v) is 12.3. The number of pyridine rings is 1. The van der Waals surface area contributed by atoms with Crippen LogP contribution in [-0.2, 0) is 65.4 Å². The van der Waals surface area contributed by atoms with Gasteiger partial charge in [0.15, 0.2) is 24.5 Å². The number of ether oxygens (including phenoxy) is 8. The van der Waals surface area contributed by atoms with E-state index in [4.69, 9.17) is 47.9 Å². The highest BCUT2D eigenvalue weighted by atomic mass is 16.7. The minimum absolute atomic E-state index is 0.0531. The number of cyclic esters (lactones) is 1. The number of nitrogens with zero attached hydrogens (tertiary/aromatic N) is 5. The van der Waals surface area contributed by atoms with Crippen molar-refractivity contribution in [3.8, 4) is 0 Å². The number of hydrogen-bond acceptors (Lipinski definition) is 20. The van der Waals surface area contributed by atoms with Crippen LogP contribution in [0.5, 0.6) is 0 Å². The first kappa shape index (κ1) is 66.1. The molecule has 1 amide bonds. The van der Waals surface area contributed by atoms with Crippen molar-refractivity contribution in [2.75, 3.05) is 46.7 Å². The zero-order valence-electron chi connectivity index (χ0n) is 51.0. The van der Waals surface area contributed by atoms with Gasteiger partial charge in [0.05, 0.1) is 77.2 Å². The molecule has 0 bridgehead atoms. The molecule has 5 heterocycles. The van der Waals surface area contributed by atoms with Gasteiger partial charge in [-0.1, -0.05) is 39.0 Å². The summed E-state index contributed by atoms with van der Waals surface area (Å²) in [6.45, 7) is 23.7. The number of rotatable bonds is 17. The molecule has 81 heavy (non-hydrogen) atoms. The molecule has 3 fully saturated rings. The Bertz CT molecular complexity index is 2590. The van der Waals surface area contributed by atoms with E-state index in [1.54, 1.807) is 62.3 Å². The molecule has 18 atom stereocenters. The van der Waals surface area contributed by atoms with Gasteiger partial charge in [0.2, 0.25) is 5.91 Å². The standard InChI is InChI=1S/C59H96N6O16/c1-18-41-59(13,73)50(68)36(7)64(16)29-32(3)27-57(11,72)52(34(5)48(35(6)54(70)78-41)80-45-28-58(12,74-17)51(69)37(8)77-45)81-55-49(40(63(14)15)26-33(4)76-55)79-44(67)25-24-43(66)62-53-46-47(38-22-20-21-23-39(38)60-53)65(31-56(9,10)71)42(61-46)30-75-19-2/h20-23,32-37,40-41,45,48-52,55,68-69,71-73H,18-19,24-31H2,1-17H3,(H,60,62,66)/t32-,33-,34+,35-,36-,37+,40-,41-,45+,48+,49-,50-,51+,52-,55+,57-,58-,59-/m1/s1. The molecule has 0 radical (unpaired) electrons. The summed E-state index contributed by atoms with van der Waals surface area (Å²) < 4.78 is 52.8. The number of imidazole rings is 1. The summed E-state index contributed by atoms with van der Waals surface area (Å²) in [6.07, 6.45) is -10.5. The van der Waals surface area contributed by atoms with Crippen molar-refractivity contribution >= 4 is 45.6 Å². The number of esters is 2. The van der Waals surface area contributed by atoms with Gasteiger partial charge >= 0.3 is 11.9 Å². The number of para-hydroxylation sites is 1. The highest BCUT2D eigenvalue weighted by molar-refractivity contribution is 6.09. The fraction of sp³-hybridized carbons (Fsp3) is 0.780. The zero-order valence-corrected chi connectivity index (χ0v) is 51.0. The minimum Gasteiger partial charge on any atom is -0.459 e. The van der Waals surface area contributed by atoms with E-state index in [0.717, 1.165) is 5.39 Å². The monoisotopic (exact) mass is 1140 g/mol. The smallest absolute Gasteiger partial charge is 0.311 e. The molecule has 6 rings (SSSR count). The molecule has 6 N–H and O–H groups in total. The van der Waals surface area contributed by atoms with Crippen LogP contribution in [-0.4, -0.2) is 205 Å². The molecule has 3 aromatic rings. The zero-order chi connectivity index (χ0) is 60.3. The number of hydrogen-bond donors (Lipinski definition) is 6. The summed E-state index contributed by atoms with van der Waals surface area (Å²) in [6, 6.07) is 6.34. The van der Waals surface area contributed by atoms with Gasteiger partial charge in [-0.05, 0) is 122 Å². The van der Waals surface area contributed by atoms with Gasteiger partial charge < -0.3 is 83.1 Å². The largest absolute Gasteiger partial charge is 0.459 e. The number of anilines is 1. The molecule has 3 aliphatic heterocycles. The van der Waals surface area contributed by atoms with Crippen molar-refractivity contribution in [1.29, 1.82) is 0 Å². The van der Waals surface area contributed by atoms with Gasteiger partial charge in [0.25, 0.3) is 0 Å². The average molecular weight is 1150 g/mol. The Balaban J connectivity index is 1.34. The van der Waals surface area contributed by atoms with E-state index in [2.05, 4.69) is 5.32 Å². The first-order valence-electron chi connectivity index (χ1n) is 28.9. The predicted octanol–water partition coefficient (Wildman–Crippen LogP) is 5.08. The topological polar surface area (TPSA) is 275 Å². The second kappa shape index (κ2) is 26.9. The molecule has 0 spiro atoms. The van der Waals surface area contributed by atoms with E-state index >= 15 is 0 Å². The van der Waals surface area contributed by atoms with Crippen LogP contribution in [0.3, 0.4) is 0 Å². The number of nitrogens with one attached hydrogen (secondary N) is 1. The number of aromatic nitrogens is 3. The lowest BCUT2D eigenvalue weighted by Crippen LogP contribution is -2.61. The number of amides is 1. The SMILES string of the molecule is CCOCc1nc2c(NC(=O)CCC(=O)O[C@H]3[C@H](O[C@@H]4[C@@H](C)[C@H](O[C@H]5C[C@@](C)(OC)[C@@H](O)[C@H](C)O5)[C@@H](C)C(=O)O[C@H](CC)[C@@](C)(O)[C@H](O)[C@@H](C)N(C)C[C@H](C)C[C@@]4(C)O)O[C@H](C)C[C@H]3N(C)C)nc3ccccc3c2n1CC(C)(C)O. The maximum atomic E-state index is 14.7. The van der Waals surface area contributed by atoms with Gasteiger partial charge in [0, 0.05) is 50.4 Å². The number of likely N-dealkylation sites (N-methyl/N-ethyl adjacent to an activating group) is 2. The third-order valence-electron chi connectivity index (χ3n) is 16.9. The normalized spacial score (nSPS) is 36.3. The number of carbonyl (C=O) groups excluding carboxylic acids is 3. The minimum atomic E-state index is -1.88. The van der Waals surface area contributed by atoms with Gasteiger partial charge in [-0.2, -0.15) is 0 Å². The number of fused-ring (bicyclic) bond motifs is 3. The van der Waals surface area contributed by atoms with Crippen molar-refractivity contribution in [2.45, 2.75) is 238 Å². The summed E-state index contributed by atoms with van der Waals surface area (Å²) in [4.78, 5) is 56.3. The van der Waals surface area contributed by atoms with Crippen LogP contribution in [0.2, 0.25) is 0 Å². The van der Waals surface area contributed by atoms with Crippen LogP contribution in [0.25, 0.3) is 21.9 Å². The molecule has 0 aliphatic carbocycles. The average Bonchev–Trinajstić information content (AvgIpc) is 4.05. The van der Waals surface area contributed by atoms with E-state index < -0.39 is 126 Å². The fourth-order valence-electron chi connectivity index (χ4n) is 12.3. The van der Waals surface area contributed by atoms with Crippen LogP contribution in [0, 0.1) is 17.8 Å². The lowest BCUT2D eigenvalue weighted by molar-refractivity contribution is -0.319. The van der Waals surface area contributed by atoms with E-state index in [0.29, 0.717) is 41.9 Å². The molecule has 1 aromatic carbocycles. The lowest BCUT2D eigenvalue weighted by atomic mass is 9.77. The van der Waals surface area contributed by atoms with Crippen LogP contribution in [0.1, 0.15) is 134 Å². The lowest BCUT2D eigenvalue weighted by Gasteiger charge is -2.49. The number of benzene rings is 1. The maximum absolute atomic E-state index is 14.7. The highest BCUT2D eigenvalue weighted by Gasteiger charge is 2.53. The highest BCUT2D eigenvalue weighted by Crippen LogP contribution is 2.41. The Morgan fingerprint density at radius 2 is 1.62 bits per heavy atom. The van der Waals surface area contributed by atoms with Crippen molar-refractivity contribution < 1.29 is 77.8 Å². The van der Waals surface area contributed by atoms with Gasteiger partial charge in [-0.15, -0.1) is 0 Å². The number of methoxy groups -OCH3 is 1. The van der Waals surface area contributed by atoms with E-state index in [-0.39, 0.29) is 57.0 Å². The summed E-state index contributed by atoms with van der Waals surface area (Å²) in [5.41, 5.74) is -4.23. The van der Waals surface area contributed by atoms with Crippen LogP contribution < -0.4 is 5.32 Å². The summed E-state index contributed by atoms with van der Waals surface area (Å²) in [5, 5.41) is 62.6. The molecule has 3 saturated heterocycles. The Hall–Kier alpha value is -4.01. The summed E-state index contributed by atoms with van der Waals surface area (Å²) in [7, 11) is 7.00. The van der Waals surface area contributed by atoms with Crippen molar-refractivity contribution in [1.82, 2.24) is 24.3 Å². The molecule has 22 heteroatoms. The van der Waals surface area contributed by atoms with Crippen LogP contribution in [0.15, 0.2) is 24.3 Å². The molecular weight excluding hydrogens is 1050 g/mol. The Kier molecular flexibility index (Phi) is 22.0. The number of carbonyl (C=O) groups is 3. The van der Waals surface area contributed by atoms with Crippen LogP contribution >= 0.6 is 0 Å². The first-order valence-corrected chi connectivity index (χ1v) is 28.9. The first-order chi connectivity index (χ1) is 37.8.